The van der Waals surface area contributed by atoms with E-state index in [-0.39, 0.29) is 0 Å². The van der Waals surface area contributed by atoms with Crippen LogP contribution >= 0.6 is 0 Å². The minimum Gasteiger partial charge on any atom is -0.0648 e. The fraction of sp³-hybridized carbons (Fsp3) is 1.00. The molecule has 3 aliphatic rings. The molecule has 3 saturated carbocycles. The zero-order valence-corrected chi connectivity index (χ0v) is 6.98. The summed E-state index contributed by atoms with van der Waals surface area (Å²) >= 11 is 0. The summed E-state index contributed by atoms with van der Waals surface area (Å²) in [6.07, 6.45) is 6.19. The molecule has 0 heteroatoms. The molecule has 56 valence electrons. The zero-order chi connectivity index (χ0) is 6.98. The van der Waals surface area contributed by atoms with Gasteiger partial charge in [-0.2, -0.15) is 0 Å². The zero-order valence-electron chi connectivity index (χ0n) is 6.98. The molecule has 0 amide bonds. The molecule has 1 spiro atoms. The van der Waals surface area contributed by atoms with E-state index in [0.29, 0.717) is 0 Å². The second kappa shape index (κ2) is 1.19. The van der Waals surface area contributed by atoms with E-state index in [1.54, 1.807) is 19.3 Å². The molecule has 0 N–H and O–H groups in total. The summed E-state index contributed by atoms with van der Waals surface area (Å²) in [7, 11) is 0. The monoisotopic (exact) mass is 136 g/mol. The van der Waals surface area contributed by atoms with Crippen LogP contribution in [0.4, 0.5) is 0 Å². The quantitative estimate of drug-likeness (QED) is 0.520. The highest BCUT2D eigenvalue weighted by molar-refractivity contribution is 5.32. The van der Waals surface area contributed by atoms with Crippen molar-refractivity contribution in [3.05, 3.63) is 0 Å². The molecule has 0 saturated heterocycles. The third-order valence-corrected chi connectivity index (χ3v) is 5.26. The third-order valence-electron chi connectivity index (χ3n) is 5.26. The van der Waals surface area contributed by atoms with Gasteiger partial charge in [-0.05, 0) is 48.3 Å². The van der Waals surface area contributed by atoms with Crippen LogP contribution < -0.4 is 0 Å². The minimum absolute atomic E-state index is 0.886. The first-order chi connectivity index (χ1) is 4.77. The van der Waals surface area contributed by atoms with E-state index in [1.807, 2.05) is 0 Å². The van der Waals surface area contributed by atoms with Gasteiger partial charge in [-0.15, -0.1) is 0 Å². The highest BCUT2D eigenvalue weighted by atomic mass is 14.9. The first kappa shape index (κ1) is 5.62. The molecular formula is C10H16. The van der Waals surface area contributed by atoms with Gasteiger partial charge in [0.15, 0.2) is 0 Å². The number of hydrogen-bond acceptors (Lipinski definition) is 0. The lowest BCUT2D eigenvalue weighted by Gasteiger charge is -2.59. The number of rotatable bonds is 1. The van der Waals surface area contributed by atoms with Gasteiger partial charge in [0.1, 0.15) is 0 Å². The van der Waals surface area contributed by atoms with Crippen molar-refractivity contribution in [2.24, 2.45) is 22.7 Å². The van der Waals surface area contributed by atoms with Crippen LogP contribution in [0, 0.1) is 22.7 Å². The largest absolute Gasteiger partial charge is 0.0648 e. The Morgan fingerprint density at radius 3 is 2.30 bits per heavy atom. The lowest BCUT2D eigenvalue weighted by atomic mass is 9.45. The molecule has 0 aromatic carbocycles. The van der Waals surface area contributed by atoms with Crippen LogP contribution in [0.5, 0.6) is 0 Å². The molecule has 3 aliphatic carbocycles. The smallest absolute Gasteiger partial charge is 0.0181 e. The van der Waals surface area contributed by atoms with Crippen molar-refractivity contribution in [3.63, 3.8) is 0 Å². The summed E-state index contributed by atoms with van der Waals surface area (Å²) in [5, 5.41) is 0. The van der Waals surface area contributed by atoms with Crippen LogP contribution in [0.3, 0.4) is 0 Å². The van der Waals surface area contributed by atoms with Crippen LogP contribution in [0.25, 0.3) is 0 Å². The third kappa shape index (κ3) is 0.271. The first-order valence-electron chi connectivity index (χ1n) is 4.77. The summed E-state index contributed by atoms with van der Waals surface area (Å²) in [6, 6.07) is 0. The van der Waals surface area contributed by atoms with Gasteiger partial charge in [0.05, 0.1) is 0 Å². The Hall–Kier alpha value is 0. The first-order valence-corrected chi connectivity index (χ1v) is 4.77. The van der Waals surface area contributed by atoms with Crippen LogP contribution in [0.15, 0.2) is 0 Å². The van der Waals surface area contributed by atoms with E-state index in [2.05, 4.69) is 13.8 Å². The van der Waals surface area contributed by atoms with Crippen LogP contribution in [-0.2, 0) is 0 Å². The molecule has 3 rings (SSSR count). The predicted octanol–water partition coefficient (Wildman–Crippen LogP) is 2.83. The molecule has 0 heterocycles. The lowest BCUT2D eigenvalue weighted by molar-refractivity contribution is -0.0982. The Kier molecular flexibility index (Phi) is 0.669. The Labute approximate surface area is 63.0 Å². The molecule has 4 unspecified atom stereocenters. The molecular weight excluding hydrogens is 120 g/mol. The van der Waals surface area contributed by atoms with Crippen molar-refractivity contribution < 1.29 is 0 Å². The second-order valence-electron chi connectivity index (χ2n) is 4.77. The highest BCUT2D eigenvalue weighted by Crippen LogP contribution is 2.90. The molecule has 0 aliphatic heterocycles. The Bertz CT molecular complexity index is 181. The summed E-state index contributed by atoms with van der Waals surface area (Å²) < 4.78 is 0. The summed E-state index contributed by atoms with van der Waals surface area (Å²) in [6.45, 7) is 4.86. The lowest BCUT2D eigenvalue weighted by Crippen LogP contribution is -2.50. The van der Waals surface area contributed by atoms with Gasteiger partial charge in [-0.3, -0.25) is 0 Å². The average molecular weight is 136 g/mol. The van der Waals surface area contributed by atoms with Crippen molar-refractivity contribution in [2.75, 3.05) is 0 Å². The van der Waals surface area contributed by atoms with Gasteiger partial charge in [0, 0.05) is 0 Å². The highest BCUT2D eigenvalue weighted by Gasteiger charge is 2.83. The topological polar surface area (TPSA) is 0 Å². The summed E-state index contributed by atoms with van der Waals surface area (Å²) in [4.78, 5) is 0. The normalized spacial score (nSPS) is 69.0. The second-order valence-corrected chi connectivity index (χ2v) is 4.77. The van der Waals surface area contributed by atoms with E-state index >= 15 is 0 Å². The van der Waals surface area contributed by atoms with Gasteiger partial charge in [0.2, 0.25) is 0 Å². The Morgan fingerprint density at radius 1 is 1.40 bits per heavy atom. The summed E-state index contributed by atoms with van der Waals surface area (Å²) in [5.41, 5.74) is 1.82. The van der Waals surface area contributed by atoms with Gasteiger partial charge in [-0.1, -0.05) is 13.8 Å². The molecule has 3 fully saturated rings. The van der Waals surface area contributed by atoms with Gasteiger partial charge in [-0.25, -0.2) is 0 Å². The van der Waals surface area contributed by atoms with Gasteiger partial charge >= 0.3 is 0 Å². The van der Waals surface area contributed by atoms with Crippen molar-refractivity contribution in [1.82, 2.24) is 0 Å². The van der Waals surface area contributed by atoms with E-state index in [0.717, 1.165) is 16.7 Å². The minimum atomic E-state index is 0.886. The van der Waals surface area contributed by atoms with E-state index in [1.165, 1.54) is 12.3 Å². The van der Waals surface area contributed by atoms with Crippen LogP contribution in [0.1, 0.15) is 39.5 Å². The van der Waals surface area contributed by atoms with E-state index in [4.69, 9.17) is 0 Å². The fourth-order valence-corrected chi connectivity index (χ4v) is 4.37. The Balaban J connectivity index is 1.95. The molecule has 4 atom stereocenters. The van der Waals surface area contributed by atoms with E-state index in [9.17, 15) is 0 Å². The molecule has 0 aromatic rings. The van der Waals surface area contributed by atoms with Gasteiger partial charge in [0.25, 0.3) is 0 Å². The van der Waals surface area contributed by atoms with Crippen molar-refractivity contribution in [2.45, 2.75) is 39.5 Å². The maximum Gasteiger partial charge on any atom is -0.0181 e. The average Bonchev–Trinajstić information content (AvgIpc) is 2.49. The summed E-state index contributed by atoms with van der Waals surface area (Å²) in [5.74, 6) is 2.29. The standard InChI is InChI=1S/C10H16/c1-3-9-4-5-10(9)7(2)8(10)6-9/h7-8H,3-6H2,1-2H3. The predicted molar refractivity (Wildman–Crippen MR) is 41.7 cm³/mol. The van der Waals surface area contributed by atoms with Crippen LogP contribution in [0.2, 0.25) is 0 Å². The molecule has 10 heavy (non-hydrogen) atoms. The Morgan fingerprint density at radius 2 is 2.20 bits per heavy atom. The fourth-order valence-electron chi connectivity index (χ4n) is 4.37. The molecule has 0 aromatic heterocycles. The van der Waals surface area contributed by atoms with E-state index < -0.39 is 0 Å². The number of hydrogen-bond donors (Lipinski definition) is 0. The van der Waals surface area contributed by atoms with Crippen LogP contribution in [-0.4, -0.2) is 0 Å². The molecule has 0 nitrogen and oxygen atoms in total. The van der Waals surface area contributed by atoms with Gasteiger partial charge < -0.3 is 0 Å². The maximum absolute atomic E-state index is 2.47. The SMILES string of the molecule is CCC12CCC13C(C)C3C2. The molecule has 0 bridgehead atoms. The van der Waals surface area contributed by atoms with Crippen molar-refractivity contribution in [1.29, 1.82) is 0 Å². The van der Waals surface area contributed by atoms with Crippen molar-refractivity contribution in [3.8, 4) is 0 Å². The maximum atomic E-state index is 2.47. The van der Waals surface area contributed by atoms with Crippen molar-refractivity contribution >= 4 is 0 Å². The molecule has 0 radical (unpaired) electrons.